The number of hydrogen-bond donors (Lipinski definition) is 0. The molecular weight excluding hydrogens is 362 g/mol. The van der Waals surface area contributed by atoms with Crippen LogP contribution in [0.5, 0.6) is 23.1 Å². The van der Waals surface area contributed by atoms with Crippen LogP contribution in [0.15, 0.2) is 97.2 Å². The van der Waals surface area contributed by atoms with E-state index in [2.05, 4.69) is 4.98 Å². The average molecular weight is 383 g/mol. The van der Waals surface area contributed by atoms with Crippen molar-refractivity contribution >= 4 is 0 Å². The summed E-state index contributed by atoms with van der Waals surface area (Å²) >= 11 is 0. The van der Waals surface area contributed by atoms with Gasteiger partial charge in [-0.3, -0.25) is 0 Å². The first-order chi connectivity index (χ1) is 14.3. The lowest BCUT2D eigenvalue weighted by Gasteiger charge is -2.13. The van der Waals surface area contributed by atoms with E-state index in [1.54, 1.807) is 13.3 Å². The Labute approximate surface area is 170 Å². The van der Waals surface area contributed by atoms with Crippen LogP contribution in [0.1, 0.15) is 5.56 Å². The van der Waals surface area contributed by atoms with Gasteiger partial charge in [-0.15, -0.1) is 0 Å². The normalized spacial score (nSPS) is 10.4. The fraction of sp³-hybridized carbons (Fsp3) is 0.0800. The zero-order chi connectivity index (χ0) is 19.9. The van der Waals surface area contributed by atoms with Crippen molar-refractivity contribution in [1.29, 1.82) is 0 Å². The van der Waals surface area contributed by atoms with Crippen molar-refractivity contribution in [3.63, 3.8) is 0 Å². The Morgan fingerprint density at radius 1 is 0.690 bits per heavy atom. The van der Waals surface area contributed by atoms with Crippen LogP contribution in [-0.4, -0.2) is 12.1 Å². The number of methoxy groups -OCH3 is 1. The van der Waals surface area contributed by atoms with Gasteiger partial charge in [0, 0.05) is 17.3 Å². The van der Waals surface area contributed by atoms with Crippen molar-refractivity contribution in [2.75, 3.05) is 7.11 Å². The average Bonchev–Trinajstić information content (AvgIpc) is 2.80. The fourth-order valence-corrected chi connectivity index (χ4v) is 3.00. The van der Waals surface area contributed by atoms with E-state index in [-0.39, 0.29) is 0 Å². The molecule has 4 rings (SSSR count). The van der Waals surface area contributed by atoms with E-state index < -0.39 is 0 Å². The second-order valence-corrected chi connectivity index (χ2v) is 6.40. The number of rotatable bonds is 7. The highest BCUT2D eigenvalue weighted by molar-refractivity contribution is 5.74. The monoisotopic (exact) mass is 383 g/mol. The second kappa shape index (κ2) is 8.93. The molecule has 4 nitrogen and oxygen atoms in total. The first-order valence-electron chi connectivity index (χ1n) is 9.36. The summed E-state index contributed by atoms with van der Waals surface area (Å²) in [6.07, 6.45) is 1.71. The van der Waals surface area contributed by atoms with Crippen LogP contribution in [-0.2, 0) is 6.61 Å². The molecule has 0 spiro atoms. The first-order valence-corrected chi connectivity index (χ1v) is 9.36. The van der Waals surface area contributed by atoms with Crippen LogP contribution in [0.25, 0.3) is 11.1 Å². The molecule has 144 valence electrons. The molecule has 0 aliphatic rings. The second-order valence-electron chi connectivity index (χ2n) is 6.40. The molecule has 29 heavy (non-hydrogen) atoms. The van der Waals surface area contributed by atoms with Crippen molar-refractivity contribution in [2.24, 2.45) is 0 Å². The van der Waals surface area contributed by atoms with Gasteiger partial charge in [0.2, 0.25) is 5.88 Å². The standard InChI is InChI=1S/C25H21NO3/c1-27-24-12-6-5-10-22(24)23-11-7-17-26-25(23)29-21-15-13-20(14-16-21)28-18-19-8-3-2-4-9-19/h2-17H,18H2,1H3. The van der Waals surface area contributed by atoms with Gasteiger partial charge in [-0.25, -0.2) is 4.98 Å². The fourth-order valence-electron chi connectivity index (χ4n) is 3.00. The molecule has 4 heteroatoms. The van der Waals surface area contributed by atoms with Gasteiger partial charge in [-0.2, -0.15) is 0 Å². The molecular formula is C25H21NO3. The molecule has 0 unspecified atom stereocenters. The summed E-state index contributed by atoms with van der Waals surface area (Å²) in [5, 5.41) is 0. The number of aromatic nitrogens is 1. The Hall–Kier alpha value is -3.79. The van der Waals surface area contributed by atoms with Crippen molar-refractivity contribution in [3.05, 3.63) is 103 Å². The van der Waals surface area contributed by atoms with Crippen LogP contribution in [0.4, 0.5) is 0 Å². The summed E-state index contributed by atoms with van der Waals surface area (Å²) in [5.41, 5.74) is 2.93. The van der Waals surface area contributed by atoms with E-state index in [4.69, 9.17) is 14.2 Å². The zero-order valence-corrected chi connectivity index (χ0v) is 16.1. The van der Waals surface area contributed by atoms with E-state index in [9.17, 15) is 0 Å². The highest BCUT2D eigenvalue weighted by atomic mass is 16.5. The molecule has 0 aliphatic carbocycles. The number of pyridine rings is 1. The molecule has 1 aromatic heterocycles. The zero-order valence-electron chi connectivity index (χ0n) is 16.1. The lowest BCUT2D eigenvalue weighted by atomic mass is 10.1. The predicted molar refractivity (Wildman–Crippen MR) is 114 cm³/mol. The van der Waals surface area contributed by atoms with Gasteiger partial charge in [0.25, 0.3) is 0 Å². The van der Waals surface area contributed by atoms with Crippen LogP contribution >= 0.6 is 0 Å². The van der Waals surface area contributed by atoms with Crippen molar-refractivity contribution in [1.82, 2.24) is 4.98 Å². The van der Waals surface area contributed by atoms with E-state index >= 15 is 0 Å². The third-order valence-electron chi connectivity index (χ3n) is 4.45. The predicted octanol–water partition coefficient (Wildman–Crippen LogP) is 6.13. The van der Waals surface area contributed by atoms with E-state index in [1.807, 2.05) is 91.0 Å². The molecule has 4 aromatic rings. The molecule has 0 amide bonds. The van der Waals surface area contributed by atoms with Gasteiger partial charge in [0.05, 0.1) is 7.11 Å². The smallest absolute Gasteiger partial charge is 0.227 e. The highest BCUT2D eigenvalue weighted by Crippen LogP contribution is 2.36. The largest absolute Gasteiger partial charge is 0.496 e. The molecule has 0 saturated carbocycles. The molecule has 0 radical (unpaired) electrons. The lowest BCUT2D eigenvalue weighted by molar-refractivity contribution is 0.305. The topological polar surface area (TPSA) is 40.6 Å². The molecule has 0 fully saturated rings. The molecule has 0 bridgehead atoms. The molecule has 0 saturated heterocycles. The van der Waals surface area contributed by atoms with Crippen LogP contribution < -0.4 is 14.2 Å². The number of benzene rings is 3. The minimum atomic E-state index is 0.523. The van der Waals surface area contributed by atoms with Gasteiger partial charge in [0.1, 0.15) is 23.9 Å². The number of nitrogens with zero attached hydrogens (tertiary/aromatic N) is 1. The van der Waals surface area contributed by atoms with Crippen molar-refractivity contribution < 1.29 is 14.2 Å². The summed E-state index contributed by atoms with van der Waals surface area (Å²) in [5.74, 6) is 2.77. The number of ether oxygens (including phenoxy) is 3. The minimum Gasteiger partial charge on any atom is -0.496 e. The van der Waals surface area contributed by atoms with E-state index in [1.165, 1.54) is 0 Å². The summed E-state index contributed by atoms with van der Waals surface area (Å²) < 4.78 is 17.4. The highest BCUT2D eigenvalue weighted by Gasteiger charge is 2.12. The Morgan fingerprint density at radius 2 is 1.38 bits per heavy atom. The third-order valence-corrected chi connectivity index (χ3v) is 4.45. The maximum atomic E-state index is 6.06. The van der Waals surface area contributed by atoms with Crippen LogP contribution in [0.3, 0.4) is 0 Å². The summed E-state index contributed by atoms with van der Waals surface area (Å²) in [6, 6.07) is 29.3. The van der Waals surface area contributed by atoms with Gasteiger partial charge >= 0.3 is 0 Å². The van der Waals surface area contributed by atoms with E-state index in [0.717, 1.165) is 28.2 Å². The minimum absolute atomic E-state index is 0.523. The van der Waals surface area contributed by atoms with E-state index in [0.29, 0.717) is 18.2 Å². The maximum Gasteiger partial charge on any atom is 0.227 e. The van der Waals surface area contributed by atoms with Crippen LogP contribution in [0.2, 0.25) is 0 Å². The van der Waals surface area contributed by atoms with Crippen molar-refractivity contribution in [2.45, 2.75) is 6.61 Å². The molecule has 0 aliphatic heterocycles. The summed E-state index contributed by atoms with van der Waals surface area (Å²) in [6.45, 7) is 0.527. The summed E-state index contributed by atoms with van der Waals surface area (Å²) in [7, 11) is 1.66. The maximum absolute atomic E-state index is 6.06. The van der Waals surface area contributed by atoms with Crippen molar-refractivity contribution in [3.8, 4) is 34.3 Å². The summed E-state index contributed by atoms with van der Waals surface area (Å²) in [4.78, 5) is 4.42. The van der Waals surface area contributed by atoms with Gasteiger partial charge in [0.15, 0.2) is 0 Å². The number of hydrogen-bond acceptors (Lipinski definition) is 4. The molecule has 0 atom stereocenters. The quantitative estimate of drug-likeness (QED) is 0.385. The Morgan fingerprint density at radius 3 is 2.17 bits per heavy atom. The Kier molecular flexibility index (Phi) is 5.72. The van der Waals surface area contributed by atoms with Gasteiger partial charge in [-0.05, 0) is 48.0 Å². The first kappa shape index (κ1) is 18.6. The molecule has 0 N–H and O–H groups in total. The third kappa shape index (κ3) is 4.55. The van der Waals surface area contributed by atoms with Gasteiger partial charge in [-0.1, -0.05) is 48.5 Å². The lowest BCUT2D eigenvalue weighted by Crippen LogP contribution is -1.96. The molecule has 3 aromatic carbocycles. The van der Waals surface area contributed by atoms with Crippen LogP contribution in [0, 0.1) is 0 Å². The number of para-hydroxylation sites is 1. The Bertz CT molecular complexity index is 1060. The van der Waals surface area contributed by atoms with Gasteiger partial charge < -0.3 is 14.2 Å². The molecule has 1 heterocycles. The Balaban J connectivity index is 1.50. The SMILES string of the molecule is COc1ccccc1-c1cccnc1Oc1ccc(OCc2ccccc2)cc1.